The van der Waals surface area contributed by atoms with E-state index in [-0.39, 0.29) is 6.61 Å². The Bertz CT molecular complexity index is 1670. The van der Waals surface area contributed by atoms with Crippen LogP contribution in [0.1, 0.15) is 33.4 Å². The summed E-state index contributed by atoms with van der Waals surface area (Å²) in [6, 6.07) is 48.9. The van der Waals surface area contributed by atoms with Crippen LogP contribution in [0, 0.1) is 0 Å². The summed E-state index contributed by atoms with van der Waals surface area (Å²) in [6.07, 6.45) is -2.27. The molecular weight excluding hydrogens is 588 g/mol. The molecule has 1 saturated heterocycles. The van der Waals surface area contributed by atoms with Gasteiger partial charge < -0.3 is 28.4 Å². The van der Waals surface area contributed by atoms with Gasteiger partial charge in [-0.25, -0.2) is 0 Å². The van der Waals surface area contributed by atoms with E-state index >= 15 is 0 Å². The van der Waals surface area contributed by atoms with Crippen molar-refractivity contribution >= 4 is 0 Å². The fourth-order valence-corrected chi connectivity index (χ4v) is 6.42. The molecule has 1 fully saturated rings. The van der Waals surface area contributed by atoms with Crippen molar-refractivity contribution in [1.29, 1.82) is 0 Å². The second kappa shape index (κ2) is 15.2. The summed E-state index contributed by atoms with van der Waals surface area (Å²) in [7, 11) is 0. The summed E-state index contributed by atoms with van der Waals surface area (Å²) in [5, 5.41) is 0. The Morgan fingerprint density at radius 3 is 1.55 bits per heavy atom. The third-order valence-electron chi connectivity index (χ3n) is 8.76. The summed E-state index contributed by atoms with van der Waals surface area (Å²) in [5.74, 6) is -1.22. The molecular formula is C41H40O6. The number of hydrogen-bond donors (Lipinski definition) is 0. The summed E-state index contributed by atoms with van der Waals surface area (Å²) in [6.45, 7) is 2.23. The fraction of sp³-hybridized carbons (Fsp3) is 0.268. The molecule has 0 bridgehead atoms. The van der Waals surface area contributed by atoms with Crippen molar-refractivity contribution in [3.63, 3.8) is 0 Å². The minimum atomic E-state index is -1.22. The predicted molar refractivity (Wildman–Crippen MR) is 179 cm³/mol. The molecule has 0 N–H and O–H groups in total. The molecule has 0 aliphatic carbocycles. The van der Waals surface area contributed by atoms with Gasteiger partial charge in [0.15, 0.2) is 0 Å². The van der Waals surface area contributed by atoms with Crippen LogP contribution < -0.4 is 0 Å². The molecule has 1 unspecified atom stereocenters. The summed E-state index contributed by atoms with van der Waals surface area (Å²) in [5.41, 5.74) is 6.26. The highest BCUT2D eigenvalue weighted by Crippen LogP contribution is 2.49. The Morgan fingerprint density at radius 1 is 0.511 bits per heavy atom. The van der Waals surface area contributed by atoms with Crippen molar-refractivity contribution in [3.8, 4) is 0 Å². The number of benzene rings is 5. The number of ether oxygens (including phenoxy) is 6. The zero-order valence-electron chi connectivity index (χ0n) is 26.4. The van der Waals surface area contributed by atoms with E-state index in [0.29, 0.717) is 33.0 Å². The molecule has 6 heteroatoms. The van der Waals surface area contributed by atoms with Crippen LogP contribution in [0.3, 0.4) is 0 Å². The fourth-order valence-electron chi connectivity index (χ4n) is 6.42. The topological polar surface area (TPSA) is 55.4 Å². The first-order valence-corrected chi connectivity index (χ1v) is 16.3. The number of rotatable bonds is 13. The summed E-state index contributed by atoms with van der Waals surface area (Å²) < 4.78 is 40.7. The van der Waals surface area contributed by atoms with Gasteiger partial charge >= 0.3 is 0 Å². The Morgan fingerprint density at radius 2 is 0.979 bits per heavy atom. The van der Waals surface area contributed by atoms with Crippen molar-refractivity contribution in [1.82, 2.24) is 0 Å². The van der Waals surface area contributed by atoms with Crippen LogP contribution in [0.15, 0.2) is 146 Å². The quantitative estimate of drug-likeness (QED) is 0.133. The third-order valence-corrected chi connectivity index (χ3v) is 8.76. The van der Waals surface area contributed by atoms with Crippen LogP contribution in [-0.2, 0) is 67.2 Å². The van der Waals surface area contributed by atoms with Gasteiger partial charge in [0.05, 0.1) is 39.6 Å². The van der Waals surface area contributed by atoms with Gasteiger partial charge in [-0.3, -0.25) is 0 Å². The van der Waals surface area contributed by atoms with Gasteiger partial charge in [-0.2, -0.15) is 0 Å². The maximum Gasteiger partial charge on any atom is 0.225 e. The van der Waals surface area contributed by atoms with E-state index in [9.17, 15) is 0 Å². The smallest absolute Gasteiger partial charge is 0.225 e. The van der Waals surface area contributed by atoms with E-state index in [0.717, 1.165) is 33.4 Å². The van der Waals surface area contributed by atoms with Crippen LogP contribution in [0.4, 0.5) is 0 Å². The lowest BCUT2D eigenvalue weighted by atomic mass is 9.87. The Labute approximate surface area is 276 Å². The molecule has 0 amide bonds. The van der Waals surface area contributed by atoms with E-state index in [1.807, 2.05) is 84.9 Å². The SMILES string of the molecule is c1ccc(COC[C@H]2OC3(OCc4ccccc43)[C@H](OCc3ccccc3)[C@@H](OCc3ccccc3)[C@@H]2OCc2ccccc2)cc1. The van der Waals surface area contributed by atoms with Crippen molar-refractivity contribution in [2.45, 2.75) is 63.2 Å². The van der Waals surface area contributed by atoms with E-state index in [1.54, 1.807) is 0 Å². The van der Waals surface area contributed by atoms with Gasteiger partial charge in [-0.1, -0.05) is 146 Å². The maximum absolute atomic E-state index is 7.11. The molecule has 5 atom stereocenters. The lowest BCUT2D eigenvalue weighted by Crippen LogP contribution is -2.65. The molecule has 240 valence electrons. The molecule has 0 aromatic heterocycles. The van der Waals surface area contributed by atoms with Gasteiger partial charge in [0, 0.05) is 5.56 Å². The molecule has 0 radical (unpaired) electrons. The number of fused-ring (bicyclic) bond motifs is 2. The van der Waals surface area contributed by atoms with E-state index in [2.05, 4.69) is 60.7 Å². The molecule has 7 rings (SSSR count). The largest absolute Gasteiger partial charge is 0.374 e. The van der Waals surface area contributed by atoms with Crippen molar-refractivity contribution in [3.05, 3.63) is 179 Å². The zero-order valence-corrected chi connectivity index (χ0v) is 26.4. The lowest BCUT2D eigenvalue weighted by Gasteiger charge is -2.51. The first-order chi connectivity index (χ1) is 23.3. The molecule has 47 heavy (non-hydrogen) atoms. The molecule has 2 heterocycles. The highest BCUT2D eigenvalue weighted by molar-refractivity contribution is 5.36. The van der Waals surface area contributed by atoms with Gasteiger partial charge in [0.25, 0.3) is 0 Å². The third kappa shape index (κ3) is 7.39. The molecule has 0 saturated carbocycles. The standard InChI is InChI=1S/C41H40O6/c1-5-15-31(16-6-1)25-42-30-37-38(43-26-32-17-7-2-8-18-32)39(44-27-33-19-9-3-10-20-33)40(45-28-34-21-11-4-12-22-34)41(47-37)36-24-14-13-23-35(36)29-46-41/h1-24,37-40H,25-30H2/t37-,38-,39+,40-,41?/m1/s1. The predicted octanol–water partition coefficient (Wildman–Crippen LogP) is 7.74. The van der Waals surface area contributed by atoms with Gasteiger partial charge in [-0.15, -0.1) is 0 Å². The normalized spacial score (nSPS) is 23.5. The van der Waals surface area contributed by atoms with Crippen molar-refractivity contribution in [2.24, 2.45) is 0 Å². The zero-order chi connectivity index (χ0) is 31.7. The highest BCUT2D eigenvalue weighted by atomic mass is 16.7. The van der Waals surface area contributed by atoms with Crippen LogP contribution in [0.25, 0.3) is 0 Å². The average Bonchev–Trinajstić information content (AvgIpc) is 3.50. The lowest BCUT2D eigenvalue weighted by molar-refractivity contribution is -0.387. The average molecular weight is 629 g/mol. The molecule has 2 aliphatic rings. The van der Waals surface area contributed by atoms with Crippen LogP contribution >= 0.6 is 0 Å². The Kier molecular flexibility index (Phi) is 10.2. The van der Waals surface area contributed by atoms with E-state index < -0.39 is 30.2 Å². The van der Waals surface area contributed by atoms with E-state index in [4.69, 9.17) is 28.4 Å². The summed E-state index contributed by atoms with van der Waals surface area (Å²) in [4.78, 5) is 0. The van der Waals surface area contributed by atoms with E-state index in [1.165, 1.54) is 0 Å². The summed E-state index contributed by atoms with van der Waals surface area (Å²) >= 11 is 0. The molecule has 1 spiro atoms. The first-order valence-electron chi connectivity index (χ1n) is 16.3. The van der Waals surface area contributed by atoms with Crippen LogP contribution in [0.2, 0.25) is 0 Å². The Balaban J connectivity index is 1.26. The van der Waals surface area contributed by atoms with Crippen molar-refractivity contribution in [2.75, 3.05) is 6.61 Å². The maximum atomic E-state index is 7.11. The molecule has 6 nitrogen and oxygen atoms in total. The van der Waals surface area contributed by atoms with Crippen LogP contribution in [-0.4, -0.2) is 31.0 Å². The second-order valence-corrected chi connectivity index (χ2v) is 12.0. The van der Waals surface area contributed by atoms with Crippen LogP contribution in [0.5, 0.6) is 0 Å². The molecule has 5 aromatic carbocycles. The monoisotopic (exact) mass is 628 g/mol. The highest BCUT2D eigenvalue weighted by Gasteiger charge is 2.61. The van der Waals surface area contributed by atoms with Gasteiger partial charge in [0.2, 0.25) is 5.79 Å². The minimum absolute atomic E-state index is 0.276. The first kappa shape index (κ1) is 31.5. The Hall–Kier alpha value is -4.14. The second-order valence-electron chi connectivity index (χ2n) is 12.0. The molecule has 2 aliphatic heterocycles. The number of hydrogen-bond acceptors (Lipinski definition) is 6. The minimum Gasteiger partial charge on any atom is -0.374 e. The van der Waals surface area contributed by atoms with Crippen molar-refractivity contribution < 1.29 is 28.4 Å². The molecule has 5 aromatic rings. The van der Waals surface area contributed by atoms with Gasteiger partial charge in [-0.05, 0) is 27.8 Å². The van der Waals surface area contributed by atoms with Gasteiger partial charge in [0.1, 0.15) is 24.4 Å².